The summed E-state index contributed by atoms with van der Waals surface area (Å²) < 4.78 is 43.0. The molecule has 0 atom stereocenters. The molecule has 8 heteroatoms. The first-order valence-electron chi connectivity index (χ1n) is 8.49. The minimum absolute atomic E-state index is 0.0368. The highest BCUT2D eigenvalue weighted by molar-refractivity contribution is 5.60. The van der Waals surface area contributed by atoms with Gasteiger partial charge in [-0.25, -0.2) is 13.8 Å². The Hall–Kier alpha value is -3.16. The quantitative estimate of drug-likeness (QED) is 0.641. The van der Waals surface area contributed by atoms with Gasteiger partial charge in [-0.15, -0.1) is 0 Å². The van der Waals surface area contributed by atoms with Crippen LogP contribution in [0, 0.1) is 11.6 Å². The Balaban J connectivity index is 1.74. The topological polar surface area (TPSA) is 69.3 Å². The molecule has 142 valence electrons. The smallest absolute Gasteiger partial charge is 0.181 e. The molecule has 3 aromatic rings. The Morgan fingerprint density at radius 3 is 2.37 bits per heavy atom. The molecule has 0 aliphatic heterocycles. The van der Waals surface area contributed by atoms with Crippen LogP contribution in [-0.4, -0.2) is 28.4 Å². The number of H-pyrrole nitrogens is 1. The van der Waals surface area contributed by atoms with Gasteiger partial charge in [0.1, 0.15) is 12.4 Å². The molecule has 1 heterocycles. The highest BCUT2D eigenvalue weighted by Crippen LogP contribution is 2.31. The fourth-order valence-corrected chi connectivity index (χ4v) is 2.42. The number of nitrogens with one attached hydrogen (secondary N) is 1. The van der Waals surface area contributed by atoms with Crippen molar-refractivity contribution in [3.8, 4) is 28.6 Å². The second-order valence-electron chi connectivity index (χ2n) is 5.50. The molecule has 0 spiro atoms. The summed E-state index contributed by atoms with van der Waals surface area (Å²) in [5.41, 5.74) is 0.734. The first kappa shape index (κ1) is 18.6. The number of aromatic amines is 1. The van der Waals surface area contributed by atoms with Gasteiger partial charge in [0.15, 0.2) is 34.7 Å². The number of benzene rings is 2. The molecule has 0 bridgehead atoms. The summed E-state index contributed by atoms with van der Waals surface area (Å²) in [5, 5.41) is 6.89. The normalized spacial score (nSPS) is 10.7. The molecule has 2 aromatic carbocycles. The molecule has 0 aliphatic rings. The van der Waals surface area contributed by atoms with Crippen LogP contribution in [0.3, 0.4) is 0 Å². The molecule has 6 nitrogen and oxygen atoms in total. The van der Waals surface area contributed by atoms with E-state index in [1.54, 1.807) is 12.1 Å². The lowest BCUT2D eigenvalue weighted by atomic mass is 10.2. The number of aromatic nitrogens is 3. The fourth-order valence-electron chi connectivity index (χ4n) is 2.42. The molecule has 1 aromatic heterocycles. The maximum Gasteiger partial charge on any atom is 0.181 e. The summed E-state index contributed by atoms with van der Waals surface area (Å²) >= 11 is 0. The summed E-state index contributed by atoms with van der Waals surface area (Å²) in [6, 6.07) is 8.52. The molecule has 0 aliphatic carbocycles. The maximum absolute atomic E-state index is 13.6. The van der Waals surface area contributed by atoms with Gasteiger partial charge in [-0.05, 0) is 44.2 Å². The Labute approximate surface area is 155 Å². The van der Waals surface area contributed by atoms with Gasteiger partial charge in [-0.2, -0.15) is 5.10 Å². The second-order valence-corrected chi connectivity index (χ2v) is 5.50. The fraction of sp³-hybridized carbons (Fsp3) is 0.263. The summed E-state index contributed by atoms with van der Waals surface area (Å²) in [5.74, 6) is 0.596. The molecular formula is C19H19F2N3O3. The largest absolute Gasteiger partial charge is 0.490 e. The lowest BCUT2D eigenvalue weighted by Gasteiger charge is -2.11. The van der Waals surface area contributed by atoms with Crippen molar-refractivity contribution in [2.45, 2.75) is 20.5 Å². The molecule has 0 amide bonds. The van der Waals surface area contributed by atoms with E-state index < -0.39 is 11.6 Å². The molecule has 1 N–H and O–H groups in total. The second kappa shape index (κ2) is 8.48. The third-order valence-electron chi connectivity index (χ3n) is 3.59. The van der Waals surface area contributed by atoms with Crippen LogP contribution < -0.4 is 14.2 Å². The van der Waals surface area contributed by atoms with Crippen LogP contribution in [0.15, 0.2) is 36.4 Å². The summed E-state index contributed by atoms with van der Waals surface area (Å²) in [7, 11) is 0. The zero-order valence-electron chi connectivity index (χ0n) is 15.0. The lowest BCUT2D eigenvalue weighted by Crippen LogP contribution is -2.00. The van der Waals surface area contributed by atoms with E-state index in [2.05, 4.69) is 15.2 Å². The predicted molar refractivity (Wildman–Crippen MR) is 94.8 cm³/mol. The Kier molecular flexibility index (Phi) is 5.85. The van der Waals surface area contributed by atoms with Gasteiger partial charge in [-0.1, -0.05) is 0 Å². The third-order valence-corrected chi connectivity index (χ3v) is 3.59. The minimum atomic E-state index is -0.775. The van der Waals surface area contributed by atoms with Crippen LogP contribution in [-0.2, 0) is 6.61 Å². The van der Waals surface area contributed by atoms with Crippen molar-refractivity contribution in [2.24, 2.45) is 0 Å². The van der Waals surface area contributed by atoms with Crippen LogP contribution in [0.2, 0.25) is 0 Å². The van der Waals surface area contributed by atoms with Crippen molar-refractivity contribution >= 4 is 0 Å². The first-order chi connectivity index (χ1) is 13.1. The SMILES string of the molecule is CCOc1ccc(-c2n[nH]c(COc3ccc(F)cc3F)n2)cc1OCC. The number of nitrogens with zero attached hydrogens (tertiary/aromatic N) is 2. The van der Waals surface area contributed by atoms with E-state index in [-0.39, 0.29) is 12.4 Å². The molecule has 0 saturated heterocycles. The van der Waals surface area contributed by atoms with E-state index in [1.165, 1.54) is 6.07 Å². The highest BCUT2D eigenvalue weighted by Gasteiger charge is 2.12. The number of hydrogen-bond acceptors (Lipinski definition) is 5. The van der Waals surface area contributed by atoms with Gasteiger partial charge in [-0.3, -0.25) is 5.10 Å². The lowest BCUT2D eigenvalue weighted by molar-refractivity contribution is 0.280. The molecular weight excluding hydrogens is 356 g/mol. The standard InChI is InChI=1S/C19H19F2N3O3/c1-3-25-16-7-5-12(9-17(16)26-4-2)19-22-18(23-24-19)11-27-15-8-6-13(20)10-14(15)21/h5-10H,3-4,11H2,1-2H3,(H,22,23,24). The number of rotatable bonds is 8. The zero-order valence-corrected chi connectivity index (χ0v) is 15.0. The Morgan fingerprint density at radius 1 is 0.889 bits per heavy atom. The van der Waals surface area contributed by atoms with E-state index in [1.807, 2.05) is 19.9 Å². The Bertz CT molecular complexity index is 915. The van der Waals surface area contributed by atoms with E-state index in [9.17, 15) is 8.78 Å². The number of halogens is 2. The maximum atomic E-state index is 13.6. The molecule has 0 saturated carbocycles. The van der Waals surface area contributed by atoms with Crippen molar-refractivity contribution in [1.82, 2.24) is 15.2 Å². The van der Waals surface area contributed by atoms with Gasteiger partial charge in [0, 0.05) is 11.6 Å². The highest BCUT2D eigenvalue weighted by atomic mass is 19.1. The summed E-state index contributed by atoms with van der Waals surface area (Å²) in [4.78, 5) is 4.34. The number of ether oxygens (including phenoxy) is 3. The summed E-state index contributed by atoms with van der Waals surface area (Å²) in [6.45, 7) is 4.78. The Morgan fingerprint density at radius 2 is 1.63 bits per heavy atom. The van der Waals surface area contributed by atoms with Crippen LogP contribution in [0.1, 0.15) is 19.7 Å². The van der Waals surface area contributed by atoms with Crippen LogP contribution in [0.25, 0.3) is 11.4 Å². The van der Waals surface area contributed by atoms with E-state index in [0.29, 0.717) is 36.4 Å². The van der Waals surface area contributed by atoms with Gasteiger partial charge >= 0.3 is 0 Å². The van der Waals surface area contributed by atoms with E-state index in [4.69, 9.17) is 14.2 Å². The molecule has 3 rings (SSSR count). The van der Waals surface area contributed by atoms with Crippen molar-refractivity contribution in [3.63, 3.8) is 0 Å². The molecule has 0 unspecified atom stereocenters. The predicted octanol–water partition coefficient (Wildman–Crippen LogP) is 4.13. The average molecular weight is 375 g/mol. The van der Waals surface area contributed by atoms with Crippen LogP contribution >= 0.6 is 0 Å². The minimum Gasteiger partial charge on any atom is -0.490 e. The first-order valence-corrected chi connectivity index (χ1v) is 8.49. The van der Waals surface area contributed by atoms with Crippen LogP contribution in [0.5, 0.6) is 17.2 Å². The van der Waals surface area contributed by atoms with Crippen LogP contribution in [0.4, 0.5) is 8.78 Å². The zero-order chi connectivity index (χ0) is 19.2. The summed E-state index contributed by atoms with van der Waals surface area (Å²) in [6.07, 6.45) is 0. The molecule has 27 heavy (non-hydrogen) atoms. The van der Waals surface area contributed by atoms with E-state index >= 15 is 0 Å². The van der Waals surface area contributed by atoms with Gasteiger partial charge in [0.2, 0.25) is 0 Å². The van der Waals surface area contributed by atoms with Gasteiger partial charge in [0.25, 0.3) is 0 Å². The van der Waals surface area contributed by atoms with Crippen molar-refractivity contribution in [1.29, 1.82) is 0 Å². The average Bonchev–Trinajstić information content (AvgIpc) is 3.12. The van der Waals surface area contributed by atoms with Gasteiger partial charge < -0.3 is 14.2 Å². The van der Waals surface area contributed by atoms with E-state index in [0.717, 1.165) is 17.7 Å². The van der Waals surface area contributed by atoms with Crippen molar-refractivity contribution in [3.05, 3.63) is 53.9 Å². The number of hydrogen-bond donors (Lipinski definition) is 1. The molecule has 0 radical (unpaired) electrons. The van der Waals surface area contributed by atoms with Crippen molar-refractivity contribution < 1.29 is 23.0 Å². The van der Waals surface area contributed by atoms with Gasteiger partial charge in [0.05, 0.1) is 13.2 Å². The monoisotopic (exact) mass is 375 g/mol. The molecule has 0 fully saturated rings. The van der Waals surface area contributed by atoms with Crippen molar-refractivity contribution in [2.75, 3.05) is 13.2 Å². The third kappa shape index (κ3) is 4.52.